The van der Waals surface area contributed by atoms with Crippen LogP contribution in [0.25, 0.3) is 0 Å². The van der Waals surface area contributed by atoms with Gasteiger partial charge in [-0.3, -0.25) is 0 Å². The second kappa shape index (κ2) is 2.44. The molecule has 0 N–H and O–H groups in total. The van der Waals surface area contributed by atoms with Crippen molar-refractivity contribution in [3.8, 4) is 6.07 Å². The van der Waals surface area contributed by atoms with Crippen LogP contribution in [0.15, 0.2) is 27.8 Å². The fourth-order valence-corrected chi connectivity index (χ4v) is 1.62. The highest BCUT2D eigenvalue weighted by atomic mass is 32.2. The molecule has 2 heterocycles. The van der Waals surface area contributed by atoms with Gasteiger partial charge < -0.3 is 4.74 Å². The highest BCUT2D eigenvalue weighted by molar-refractivity contribution is 8.04. The molecule has 0 aliphatic carbocycles. The van der Waals surface area contributed by atoms with Gasteiger partial charge in [-0.15, -0.1) is 0 Å². The molecule has 4 heteroatoms. The average Bonchev–Trinajstić information content (AvgIpc) is 2.50. The molecule has 0 unspecified atom stereocenters. The molecular formula is C7H4N2OS. The summed E-state index contributed by atoms with van der Waals surface area (Å²) >= 11 is 1.59. The van der Waals surface area contributed by atoms with Gasteiger partial charge in [0.1, 0.15) is 12.3 Å². The van der Waals surface area contributed by atoms with Crippen molar-refractivity contribution in [3.05, 3.63) is 22.8 Å². The molecule has 0 spiro atoms. The van der Waals surface area contributed by atoms with Crippen LogP contribution < -0.4 is 0 Å². The predicted molar refractivity (Wildman–Crippen MR) is 42.8 cm³/mol. The van der Waals surface area contributed by atoms with E-state index in [-0.39, 0.29) is 0 Å². The van der Waals surface area contributed by atoms with Gasteiger partial charge in [-0.25, -0.2) is 4.99 Å². The number of ether oxygens (including phenoxy) is 1. The van der Waals surface area contributed by atoms with Gasteiger partial charge >= 0.3 is 0 Å². The highest BCUT2D eigenvalue weighted by Crippen LogP contribution is 2.29. The van der Waals surface area contributed by atoms with E-state index in [2.05, 4.69) is 4.99 Å². The molecule has 0 saturated heterocycles. The van der Waals surface area contributed by atoms with Crippen molar-refractivity contribution in [1.29, 1.82) is 5.26 Å². The van der Waals surface area contributed by atoms with Gasteiger partial charge in [-0.1, -0.05) is 11.8 Å². The van der Waals surface area contributed by atoms with Gasteiger partial charge in [0.15, 0.2) is 0 Å². The fraction of sp³-hybridized carbons (Fsp3) is 0.143. The maximum Gasteiger partial charge on any atom is 0.228 e. The van der Waals surface area contributed by atoms with Gasteiger partial charge in [0, 0.05) is 0 Å². The molecule has 0 aromatic carbocycles. The van der Waals surface area contributed by atoms with E-state index >= 15 is 0 Å². The number of hydrogen-bond acceptors (Lipinski definition) is 4. The van der Waals surface area contributed by atoms with Crippen molar-refractivity contribution in [2.75, 3.05) is 5.88 Å². The Bertz CT molecular complexity index is 322. The molecule has 0 radical (unpaired) electrons. The van der Waals surface area contributed by atoms with Crippen LogP contribution in [0.5, 0.6) is 0 Å². The van der Waals surface area contributed by atoms with Crippen molar-refractivity contribution in [1.82, 2.24) is 0 Å². The molecule has 0 atom stereocenters. The minimum atomic E-state index is 0.549. The maximum atomic E-state index is 8.52. The van der Waals surface area contributed by atoms with E-state index in [9.17, 15) is 0 Å². The van der Waals surface area contributed by atoms with E-state index < -0.39 is 0 Å². The lowest BCUT2D eigenvalue weighted by Gasteiger charge is -2.05. The number of nitriles is 1. The molecule has 2 rings (SSSR count). The summed E-state index contributed by atoms with van der Waals surface area (Å²) in [5, 5.41) is 8.52. The number of fused-ring (bicyclic) bond motifs is 1. The Morgan fingerprint density at radius 2 is 2.64 bits per heavy atom. The van der Waals surface area contributed by atoms with Crippen LogP contribution in [0.3, 0.4) is 0 Å². The Kier molecular flexibility index (Phi) is 1.44. The number of thioether (sulfide) groups is 1. The van der Waals surface area contributed by atoms with Crippen LogP contribution in [0.4, 0.5) is 0 Å². The molecule has 0 bridgehead atoms. The quantitative estimate of drug-likeness (QED) is 0.543. The minimum absolute atomic E-state index is 0.549. The van der Waals surface area contributed by atoms with Gasteiger partial charge in [0.05, 0.1) is 16.4 Å². The number of aliphatic imine (C=N–C) groups is 1. The third-order valence-electron chi connectivity index (χ3n) is 1.35. The minimum Gasteiger partial charge on any atom is -0.445 e. The summed E-state index contributed by atoms with van der Waals surface area (Å²) in [6.45, 7) is 0. The fourth-order valence-electron chi connectivity index (χ4n) is 0.852. The summed E-state index contributed by atoms with van der Waals surface area (Å²) < 4.78 is 5.08. The second-order valence-corrected chi connectivity index (χ2v) is 3.03. The highest BCUT2D eigenvalue weighted by Gasteiger charge is 2.18. The van der Waals surface area contributed by atoms with E-state index in [4.69, 9.17) is 10.00 Å². The summed E-state index contributed by atoms with van der Waals surface area (Å²) in [5.41, 5.74) is 0.549. The number of allylic oxidation sites excluding steroid dienone is 2. The van der Waals surface area contributed by atoms with Crippen molar-refractivity contribution < 1.29 is 4.74 Å². The van der Waals surface area contributed by atoms with Gasteiger partial charge in [0.25, 0.3) is 0 Å². The Morgan fingerprint density at radius 3 is 3.45 bits per heavy atom. The lowest BCUT2D eigenvalue weighted by Crippen LogP contribution is -2.02. The monoisotopic (exact) mass is 164 g/mol. The zero-order valence-corrected chi connectivity index (χ0v) is 6.39. The van der Waals surface area contributed by atoms with Crippen molar-refractivity contribution in [2.45, 2.75) is 0 Å². The van der Waals surface area contributed by atoms with Crippen molar-refractivity contribution in [2.24, 2.45) is 4.99 Å². The van der Waals surface area contributed by atoms with E-state index in [0.29, 0.717) is 17.3 Å². The summed E-state index contributed by atoms with van der Waals surface area (Å²) in [4.78, 5) is 5.02. The topological polar surface area (TPSA) is 45.4 Å². The largest absolute Gasteiger partial charge is 0.445 e. The van der Waals surface area contributed by atoms with Crippen LogP contribution in [-0.2, 0) is 4.74 Å². The summed E-state index contributed by atoms with van der Waals surface area (Å²) in [5.74, 6) is 1.35. The van der Waals surface area contributed by atoms with Gasteiger partial charge in [-0.05, 0) is 6.08 Å². The third kappa shape index (κ3) is 1.03. The molecule has 2 aliphatic heterocycles. The standard InChI is InChI=1S/C7H4N2OS/c8-2-5-1-6-7(10-3-5)9-4-11-6/h1,3H,4H2. The summed E-state index contributed by atoms with van der Waals surface area (Å²) in [6, 6.07) is 2.01. The second-order valence-electron chi connectivity index (χ2n) is 2.05. The molecular weight excluding hydrogens is 160 g/mol. The number of nitrogens with zero attached hydrogens (tertiary/aromatic N) is 2. The van der Waals surface area contributed by atoms with E-state index in [1.165, 1.54) is 6.26 Å². The molecule has 0 fully saturated rings. The van der Waals surface area contributed by atoms with E-state index in [1.807, 2.05) is 6.07 Å². The van der Waals surface area contributed by atoms with Crippen molar-refractivity contribution in [3.63, 3.8) is 0 Å². The Labute approximate surface area is 68.1 Å². The zero-order chi connectivity index (χ0) is 7.68. The van der Waals surface area contributed by atoms with E-state index in [1.54, 1.807) is 17.8 Å². The summed E-state index contributed by atoms with van der Waals surface area (Å²) in [7, 11) is 0. The first-order valence-electron chi connectivity index (χ1n) is 3.06. The predicted octanol–water partition coefficient (Wildman–Crippen LogP) is 1.41. The SMILES string of the molecule is N#CC1=COC2=NCSC2=C1. The van der Waals surface area contributed by atoms with Crippen LogP contribution in [0.2, 0.25) is 0 Å². The molecule has 0 aromatic heterocycles. The molecule has 11 heavy (non-hydrogen) atoms. The molecule has 0 amide bonds. The molecule has 2 aliphatic rings. The van der Waals surface area contributed by atoms with Crippen molar-refractivity contribution >= 4 is 17.7 Å². The third-order valence-corrected chi connectivity index (χ3v) is 2.21. The van der Waals surface area contributed by atoms with Crippen LogP contribution in [0.1, 0.15) is 0 Å². The maximum absolute atomic E-state index is 8.52. The van der Waals surface area contributed by atoms with Crippen LogP contribution in [-0.4, -0.2) is 11.8 Å². The molecule has 3 nitrogen and oxygen atoms in total. The first-order chi connectivity index (χ1) is 5.40. The van der Waals surface area contributed by atoms with Gasteiger partial charge in [-0.2, -0.15) is 5.26 Å². The van der Waals surface area contributed by atoms with E-state index in [0.717, 1.165) is 4.91 Å². The van der Waals surface area contributed by atoms with Crippen LogP contribution >= 0.6 is 11.8 Å². The first-order valence-corrected chi connectivity index (χ1v) is 4.05. The summed E-state index contributed by atoms with van der Waals surface area (Å²) in [6.07, 6.45) is 3.22. The average molecular weight is 164 g/mol. The van der Waals surface area contributed by atoms with Crippen LogP contribution in [0, 0.1) is 11.3 Å². The Hall–Kier alpha value is -1.21. The Morgan fingerprint density at radius 1 is 1.73 bits per heavy atom. The number of rotatable bonds is 0. The molecule has 54 valence electrons. The molecule has 0 saturated carbocycles. The Balaban J connectivity index is 2.35. The first kappa shape index (κ1) is 6.50. The van der Waals surface area contributed by atoms with Gasteiger partial charge in [0.2, 0.25) is 5.90 Å². The zero-order valence-electron chi connectivity index (χ0n) is 5.57. The lowest BCUT2D eigenvalue weighted by molar-refractivity contribution is 0.469. The molecule has 0 aromatic rings. The normalized spacial score (nSPS) is 20.5. The lowest BCUT2D eigenvalue weighted by atomic mass is 10.2. The number of hydrogen-bond donors (Lipinski definition) is 0. The smallest absolute Gasteiger partial charge is 0.228 e.